The molecule has 116 valence electrons. The van der Waals surface area contributed by atoms with Gasteiger partial charge in [0.2, 0.25) is 5.91 Å². The summed E-state index contributed by atoms with van der Waals surface area (Å²) in [4.78, 5) is 12.0. The van der Waals surface area contributed by atoms with Gasteiger partial charge in [0.25, 0.3) is 0 Å². The van der Waals surface area contributed by atoms with Crippen LogP contribution in [0.3, 0.4) is 0 Å². The van der Waals surface area contributed by atoms with Crippen LogP contribution < -0.4 is 11.1 Å². The fraction of sp³-hybridized carbons (Fsp3) is 0.588. The summed E-state index contributed by atoms with van der Waals surface area (Å²) < 4.78 is 5.65. The lowest BCUT2D eigenvalue weighted by Crippen LogP contribution is -2.28. The van der Waals surface area contributed by atoms with Gasteiger partial charge in [-0.15, -0.1) is 0 Å². The van der Waals surface area contributed by atoms with Crippen molar-refractivity contribution in [2.24, 2.45) is 5.73 Å². The van der Waals surface area contributed by atoms with E-state index in [-0.39, 0.29) is 18.1 Å². The Balaban J connectivity index is 1.75. The van der Waals surface area contributed by atoms with Gasteiger partial charge in [-0.25, -0.2) is 0 Å². The number of hydrogen-bond acceptors (Lipinski definition) is 3. The Morgan fingerprint density at radius 2 is 2.14 bits per heavy atom. The van der Waals surface area contributed by atoms with E-state index in [1.807, 2.05) is 31.2 Å². The van der Waals surface area contributed by atoms with Crippen LogP contribution in [0.15, 0.2) is 24.3 Å². The van der Waals surface area contributed by atoms with Gasteiger partial charge in [-0.1, -0.05) is 24.3 Å². The van der Waals surface area contributed by atoms with Gasteiger partial charge >= 0.3 is 0 Å². The molecular weight excluding hydrogens is 264 g/mol. The van der Waals surface area contributed by atoms with E-state index >= 15 is 0 Å². The van der Waals surface area contributed by atoms with E-state index < -0.39 is 0 Å². The first-order chi connectivity index (χ1) is 10.2. The van der Waals surface area contributed by atoms with Gasteiger partial charge in [0, 0.05) is 19.6 Å². The number of carbonyl (C=O) groups is 1. The van der Waals surface area contributed by atoms with E-state index in [4.69, 9.17) is 10.5 Å². The average Bonchev–Trinajstić information content (AvgIpc) is 2.54. The molecule has 1 aliphatic rings. The van der Waals surface area contributed by atoms with Crippen molar-refractivity contribution in [3.8, 4) is 0 Å². The number of carbonyl (C=O) groups excluding carboxylic acids is 1. The summed E-state index contributed by atoms with van der Waals surface area (Å²) in [6.45, 7) is 3.39. The summed E-state index contributed by atoms with van der Waals surface area (Å²) in [6, 6.07) is 8.09. The molecule has 2 rings (SSSR count). The third kappa shape index (κ3) is 5.14. The molecular formula is C17H26N2O2. The highest BCUT2D eigenvalue weighted by atomic mass is 16.5. The number of nitrogens with two attached hydrogens (primary N) is 1. The van der Waals surface area contributed by atoms with Crippen molar-refractivity contribution in [3.05, 3.63) is 35.4 Å². The fourth-order valence-electron chi connectivity index (χ4n) is 2.67. The standard InChI is InChI=1S/C17H26N2O2/c1-13(15-7-5-14(12-18)6-8-15)19-17(20)10-9-16-4-2-3-11-21-16/h5-8,13,16H,2-4,9-12,18H2,1H3,(H,19,20). The molecule has 0 spiro atoms. The van der Waals surface area contributed by atoms with Crippen LogP contribution in [-0.2, 0) is 16.1 Å². The van der Waals surface area contributed by atoms with Crippen LogP contribution in [-0.4, -0.2) is 18.6 Å². The highest BCUT2D eigenvalue weighted by Gasteiger charge is 2.16. The minimum Gasteiger partial charge on any atom is -0.378 e. The van der Waals surface area contributed by atoms with Gasteiger partial charge in [0.1, 0.15) is 0 Å². The molecule has 1 aliphatic heterocycles. The lowest BCUT2D eigenvalue weighted by molar-refractivity contribution is -0.122. The highest BCUT2D eigenvalue weighted by molar-refractivity contribution is 5.76. The quantitative estimate of drug-likeness (QED) is 0.846. The van der Waals surface area contributed by atoms with Crippen LogP contribution >= 0.6 is 0 Å². The normalized spacial score (nSPS) is 20.0. The largest absolute Gasteiger partial charge is 0.378 e. The third-order valence-electron chi connectivity index (χ3n) is 4.06. The lowest BCUT2D eigenvalue weighted by Gasteiger charge is -2.22. The van der Waals surface area contributed by atoms with Crippen LogP contribution in [0.4, 0.5) is 0 Å². The number of rotatable bonds is 6. The molecule has 1 heterocycles. The monoisotopic (exact) mass is 290 g/mol. The zero-order valence-electron chi connectivity index (χ0n) is 12.8. The van der Waals surface area contributed by atoms with Crippen LogP contribution in [0.2, 0.25) is 0 Å². The first kappa shape index (κ1) is 16.0. The number of nitrogens with one attached hydrogen (secondary N) is 1. The maximum Gasteiger partial charge on any atom is 0.220 e. The highest BCUT2D eigenvalue weighted by Crippen LogP contribution is 2.18. The smallest absolute Gasteiger partial charge is 0.220 e. The molecule has 4 heteroatoms. The molecule has 2 unspecified atom stereocenters. The second kappa shape index (κ2) is 8.15. The Hall–Kier alpha value is -1.39. The first-order valence-corrected chi connectivity index (χ1v) is 7.89. The van der Waals surface area contributed by atoms with E-state index in [2.05, 4.69) is 5.32 Å². The molecule has 1 amide bonds. The van der Waals surface area contributed by atoms with Crippen molar-refractivity contribution in [2.75, 3.05) is 6.61 Å². The molecule has 2 atom stereocenters. The van der Waals surface area contributed by atoms with Crippen molar-refractivity contribution in [1.29, 1.82) is 0 Å². The molecule has 0 aromatic heterocycles. The van der Waals surface area contributed by atoms with Crippen LogP contribution in [0.5, 0.6) is 0 Å². The Morgan fingerprint density at radius 1 is 1.38 bits per heavy atom. The molecule has 0 saturated carbocycles. The first-order valence-electron chi connectivity index (χ1n) is 7.89. The molecule has 1 aromatic rings. The Kier molecular flexibility index (Phi) is 6.21. The second-order valence-corrected chi connectivity index (χ2v) is 5.76. The fourth-order valence-corrected chi connectivity index (χ4v) is 2.67. The van der Waals surface area contributed by atoms with Gasteiger partial charge in [0.15, 0.2) is 0 Å². The molecule has 1 fully saturated rings. The number of benzene rings is 1. The van der Waals surface area contributed by atoms with E-state index in [1.54, 1.807) is 0 Å². The molecule has 0 radical (unpaired) electrons. The van der Waals surface area contributed by atoms with E-state index in [0.29, 0.717) is 13.0 Å². The summed E-state index contributed by atoms with van der Waals surface area (Å²) in [5, 5.41) is 3.05. The summed E-state index contributed by atoms with van der Waals surface area (Å²) in [5.41, 5.74) is 7.79. The molecule has 21 heavy (non-hydrogen) atoms. The summed E-state index contributed by atoms with van der Waals surface area (Å²) in [5.74, 6) is 0.0968. The second-order valence-electron chi connectivity index (χ2n) is 5.76. The predicted octanol–water partition coefficient (Wildman–Crippen LogP) is 2.67. The van der Waals surface area contributed by atoms with Crippen LogP contribution in [0.1, 0.15) is 56.2 Å². The van der Waals surface area contributed by atoms with Crippen LogP contribution in [0, 0.1) is 0 Å². The summed E-state index contributed by atoms with van der Waals surface area (Å²) in [6.07, 6.45) is 5.09. The maximum absolute atomic E-state index is 12.0. The summed E-state index contributed by atoms with van der Waals surface area (Å²) in [7, 11) is 0. The van der Waals surface area contributed by atoms with Crippen LogP contribution in [0.25, 0.3) is 0 Å². The zero-order valence-corrected chi connectivity index (χ0v) is 12.8. The number of amides is 1. The van der Waals surface area contributed by atoms with Crippen molar-refractivity contribution in [2.45, 2.75) is 57.7 Å². The molecule has 1 saturated heterocycles. The van der Waals surface area contributed by atoms with Crippen molar-refractivity contribution >= 4 is 5.91 Å². The van der Waals surface area contributed by atoms with E-state index in [0.717, 1.165) is 37.0 Å². The SMILES string of the molecule is CC(NC(=O)CCC1CCCCO1)c1ccc(CN)cc1. The zero-order chi connectivity index (χ0) is 15.1. The molecule has 0 aliphatic carbocycles. The number of hydrogen-bond donors (Lipinski definition) is 2. The van der Waals surface area contributed by atoms with Crippen molar-refractivity contribution in [3.63, 3.8) is 0 Å². The molecule has 4 nitrogen and oxygen atoms in total. The van der Waals surface area contributed by atoms with Gasteiger partial charge in [-0.3, -0.25) is 4.79 Å². The molecule has 1 aromatic carbocycles. The third-order valence-corrected chi connectivity index (χ3v) is 4.06. The van der Waals surface area contributed by atoms with Gasteiger partial charge in [-0.2, -0.15) is 0 Å². The number of ether oxygens (including phenoxy) is 1. The van der Waals surface area contributed by atoms with Crippen molar-refractivity contribution in [1.82, 2.24) is 5.32 Å². The van der Waals surface area contributed by atoms with E-state index in [9.17, 15) is 4.79 Å². The van der Waals surface area contributed by atoms with Gasteiger partial charge < -0.3 is 15.8 Å². The molecule has 0 bridgehead atoms. The average molecular weight is 290 g/mol. The maximum atomic E-state index is 12.0. The Labute approximate surface area is 127 Å². The minimum absolute atomic E-state index is 0.0246. The van der Waals surface area contributed by atoms with E-state index in [1.165, 1.54) is 6.42 Å². The summed E-state index contributed by atoms with van der Waals surface area (Å²) >= 11 is 0. The molecule has 3 N–H and O–H groups in total. The van der Waals surface area contributed by atoms with Gasteiger partial charge in [-0.05, 0) is 43.7 Å². The Bertz CT molecular complexity index is 439. The topological polar surface area (TPSA) is 64.3 Å². The van der Waals surface area contributed by atoms with Crippen molar-refractivity contribution < 1.29 is 9.53 Å². The Morgan fingerprint density at radius 3 is 2.76 bits per heavy atom. The lowest BCUT2D eigenvalue weighted by atomic mass is 10.0. The minimum atomic E-state index is 0.0246. The predicted molar refractivity (Wildman–Crippen MR) is 83.7 cm³/mol. The van der Waals surface area contributed by atoms with Gasteiger partial charge in [0.05, 0.1) is 12.1 Å².